The Balaban J connectivity index is 2.27. The molecule has 0 saturated carbocycles. The van der Waals surface area contributed by atoms with E-state index >= 15 is 0 Å². The van der Waals surface area contributed by atoms with Crippen molar-refractivity contribution < 1.29 is 4.74 Å². The second-order valence-electron chi connectivity index (χ2n) is 3.47. The molecule has 0 fully saturated rings. The van der Waals surface area contributed by atoms with Crippen molar-refractivity contribution in [3.63, 3.8) is 0 Å². The molecule has 2 rings (SSSR count). The van der Waals surface area contributed by atoms with E-state index in [0.717, 1.165) is 10.4 Å². The summed E-state index contributed by atoms with van der Waals surface area (Å²) in [6.45, 7) is 3.95. The van der Waals surface area contributed by atoms with Crippen LogP contribution >= 0.6 is 15.9 Å². The highest BCUT2D eigenvalue weighted by atomic mass is 79.9. The smallest absolute Gasteiger partial charge is 0.181 e. The Morgan fingerprint density at radius 3 is 2.43 bits per heavy atom. The van der Waals surface area contributed by atoms with Crippen molar-refractivity contribution in [1.82, 2.24) is 0 Å². The van der Waals surface area contributed by atoms with Crippen molar-refractivity contribution in [1.29, 1.82) is 0 Å². The van der Waals surface area contributed by atoms with Gasteiger partial charge in [0.15, 0.2) is 5.90 Å². The molecule has 1 heterocycles. The molecule has 0 N–H and O–H groups in total. The van der Waals surface area contributed by atoms with Crippen LogP contribution in [0.1, 0.15) is 25.5 Å². The minimum Gasteiger partial charge on any atom is -0.476 e. The highest BCUT2D eigenvalue weighted by Gasteiger charge is 2.26. The second-order valence-corrected chi connectivity index (χ2v) is 4.38. The van der Waals surface area contributed by atoms with Crippen LogP contribution in [0.3, 0.4) is 0 Å². The summed E-state index contributed by atoms with van der Waals surface area (Å²) in [5.41, 5.74) is 1.21. The molecule has 2 atom stereocenters. The van der Waals surface area contributed by atoms with Gasteiger partial charge in [-0.15, -0.1) is 0 Å². The quantitative estimate of drug-likeness (QED) is 0.753. The molecule has 1 aliphatic rings. The van der Waals surface area contributed by atoms with Crippen molar-refractivity contribution in [2.24, 2.45) is 4.99 Å². The largest absolute Gasteiger partial charge is 0.476 e. The van der Waals surface area contributed by atoms with Crippen LogP contribution < -0.4 is 0 Å². The zero-order valence-electron chi connectivity index (χ0n) is 8.20. The molecular formula is C11H12BrNO. The highest BCUT2D eigenvalue weighted by Crippen LogP contribution is 2.29. The number of rotatable bonds is 1. The molecule has 1 aromatic carbocycles. The highest BCUT2D eigenvalue weighted by molar-refractivity contribution is 9.10. The summed E-state index contributed by atoms with van der Waals surface area (Å²) in [7, 11) is 0. The van der Waals surface area contributed by atoms with Gasteiger partial charge in [-0.2, -0.15) is 0 Å². The van der Waals surface area contributed by atoms with Crippen LogP contribution in [-0.2, 0) is 4.74 Å². The Labute approximate surface area is 92.1 Å². The minimum absolute atomic E-state index is 0.149. The van der Waals surface area contributed by atoms with Crippen molar-refractivity contribution in [2.75, 3.05) is 0 Å². The molecule has 0 spiro atoms. The van der Waals surface area contributed by atoms with Crippen LogP contribution in [0.2, 0.25) is 0 Å². The lowest BCUT2D eigenvalue weighted by Crippen LogP contribution is -2.10. The fraction of sp³-hybridized carbons (Fsp3) is 0.364. The zero-order chi connectivity index (χ0) is 10.1. The Bertz CT molecular complexity index is 358. The lowest BCUT2D eigenvalue weighted by atomic mass is 10.0. The molecule has 0 bridgehead atoms. The normalized spacial score (nSPS) is 25.8. The molecule has 2 nitrogen and oxygen atoms in total. The molecule has 0 aromatic heterocycles. The van der Waals surface area contributed by atoms with E-state index in [0.29, 0.717) is 0 Å². The number of halogens is 1. The van der Waals surface area contributed by atoms with Crippen LogP contribution in [-0.4, -0.2) is 12.0 Å². The Morgan fingerprint density at radius 2 is 1.93 bits per heavy atom. The topological polar surface area (TPSA) is 21.6 Å². The molecule has 14 heavy (non-hydrogen) atoms. The maximum atomic E-state index is 5.50. The SMILES string of the molecule is CC1=N[C@@H](c2ccc(Br)cc2)[C@@H](C)O1. The van der Waals surface area contributed by atoms with Gasteiger partial charge in [0.1, 0.15) is 12.1 Å². The third kappa shape index (κ3) is 1.82. The van der Waals surface area contributed by atoms with Crippen LogP contribution in [0.25, 0.3) is 0 Å². The van der Waals surface area contributed by atoms with Crippen LogP contribution in [0.4, 0.5) is 0 Å². The van der Waals surface area contributed by atoms with Crippen LogP contribution in [0, 0.1) is 0 Å². The molecule has 1 aromatic rings. The van der Waals surface area contributed by atoms with Crippen molar-refractivity contribution in [3.8, 4) is 0 Å². The first-order valence-electron chi connectivity index (χ1n) is 4.63. The minimum atomic E-state index is 0.149. The Morgan fingerprint density at radius 1 is 1.29 bits per heavy atom. The number of benzene rings is 1. The lowest BCUT2D eigenvalue weighted by Gasteiger charge is -2.12. The number of hydrogen-bond donors (Lipinski definition) is 0. The van der Waals surface area contributed by atoms with Crippen LogP contribution in [0.5, 0.6) is 0 Å². The average molecular weight is 254 g/mol. The molecule has 0 unspecified atom stereocenters. The van der Waals surface area contributed by atoms with Gasteiger partial charge in [-0.25, -0.2) is 4.99 Å². The number of ether oxygens (including phenoxy) is 1. The summed E-state index contributed by atoms with van der Waals surface area (Å²) in [6, 6.07) is 8.38. The fourth-order valence-corrected chi connectivity index (χ4v) is 1.93. The molecule has 0 radical (unpaired) electrons. The van der Waals surface area contributed by atoms with E-state index < -0.39 is 0 Å². The zero-order valence-corrected chi connectivity index (χ0v) is 9.78. The first-order valence-corrected chi connectivity index (χ1v) is 5.42. The Hall–Kier alpha value is -0.830. The van der Waals surface area contributed by atoms with Crippen molar-refractivity contribution in [2.45, 2.75) is 26.0 Å². The van der Waals surface area contributed by atoms with Gasteiger partial charge < -0.3 is 4.74 Å². The molecular weight excluding hydrogens is 242 g/mol. The summed E-state index contributed by atoms with van der Waals surface area (Å²) in [6.07, 6.45) is 0.149. The Kier molecular flexibility index (Phi) is 2.59. The van der Waals surface area contributed by atoms with Gasteiger partial charge >= 0.3 is 0 Å². The maximum Gasteiger partial charge on any atom is 0.181 e. The average Bonchev–Trinajstić information content (AvgIpc) is 2.47. The first-order chi connectivity index (χ1) is 6.66. The molecule has 1 aliphatic heterocycles. The summed E-state index contributed by atoms with van der Waals surface area (Å²) >= 11 is 3.41. The van der Waals surface area contributed by atoms with E-state index in [1.54, 1.807) is 0 Å². The van der Waals surface area contributed by atoms with Gasteiger partial charge in [-0.3, -0.25) is 0 Å². The molecule has 74 valence electrons. The molecule has 0 saturated heterocycles. The number of hydrogen-bond acceptors (Lipinski definition) is 2. The van der Waals surface area contributed by atoms with E-state index in [4.69, 9.17) is 4.74 Å². The summed E-state index contributed by atoms with van der Waals surface area (Å²) in [5, 5.41) is 0. The van der Waals surface area contributed by atoms with Gasteiger partial charge in [-0.1, -0.05) is 28.1 Å². The molecule has 0 amide bonds. The lowest BCUT2D eigenvalue weighted by molar-refractivity contribution is 0.212. The summed E-state index contributed by atoms with van der Waals surface area (Å²) in [5.74, 6) is 0.783. The number of aliphatic imine (C=N–C) groups is 1. The van der Waals surface area contributed by atoms with E-state index in [1.807, 2.05) is 26.0 Å². The second kappa shape index (κ2) is 3.73. The first kappa shape index (κ1) is 9.71. The van der Waals surface area contributed by atoms with Gasteiger partial charge in [-0.05, 0) is 24.6 Å². The molecule has 0 aliphatic carbocycles. The predicted octanol–water partition coefficient (Wildman–Crippen LogP) is 3.33. The van der Waals surface area contributed by atoms with Gasteiger partial charge in [0.25, 0.3) is 0 Å². The van der Waals surface area contributed by atoms with Crippen LogP contribution in [0.15, 0.2) is 33.7 Å². The van der Waals surface area contributed by atoms with Crippen molar-refractivity contribution >= 4 is 21.8 Å². The van der Waals surface area contributed by atoms with Gasteiger partial charge in [0, 0.05) is 11.4 Å². The van der Waals surface area contributed by atoms with E-state index in [1.165, 1.54) is 5.56 Å². The molecule has 3 heteroatoms. The third-order valence-corrected chi connectivity index (χ3v) is 2.86. The number of nitrogens with zero attached hydrogens (tertiary/aromatic N) is 1. The summed E-state index contributed by atoms with van der Waals surface area (Å²) in [4.78, 5) is 4.45. The van der Waals surface area contributed by atoms with E-state index in [-0.39, 0.29) is 12.1 Å². The predicted molar refractivity (Wildman–Crippen MR) is 60.5 cm³/mol. The maximum absolute atomic E-state index is 5.50. The van der Waals surface area contributed by atoms with Gasteiger partial charge in [0.05, 0.1) is 0 Å². The summed E-state index contributed by atoms with van der Waals surface area (Å²) < 4.78 is 6.59. The van der Waals surface area contributed by atoms with Gasteiger partial charge in [0.2, 0.25) is 0 Å². The fourth-order valence-electron chi connectivity index (χ4n) is 1.67. The standard InChI is InChI=1S/C11H12BrNO/c1-7-11(13-8(2)14-7)9-3-5-10(12)6-4-9/h3-7,11H,1-2H3/t7-,11-/m1/s1. The van der Waals surface area contributed by atoms with E-state index in [2.05, 4.69) is 33.1 Å². The van der Waals surface area contributed by atoms with Crippen molar-refractivity contribution in [3.05, 3.63) is 34.3 Å². The third-order valence-electron chi connectivity index (χ3n) is 2.33. The monoisotopic (exact) mass is 253 g/mol. The van der Waals surface area contributed by atoms with E-state index in [9.17, 15) is 0 Å².